The Labute approximate surface area is 75.9 Å². The lowest BCUT2D eigenvalue weighted by molar-refractivity contribution is -0.0446. The predicted molar refractivity (Wildman–Crippen MR) is 51.0 cm³/mol. The first-order valence-electron chi connectivity index (χ1n) is 4.62. The smallest absolute Gasteiger partial charge is 0.116 e. The highest BCUT2D eigenvalue weighted by Crippen LogP contribution is 2.34. The van der Waals surface area contributed by atoms with Crippen molar-refractivity contribution in [2.45, 2.75) is 46.4 Å². The van der Waals surface area contributed by atoms with Crippen molar-refractivity contribution in [3.8, 4) is 0 Å². The van der Waals surface area contributed by atoms with E-state index in [1.165, 1.54) is 0 Å². The Morgan fingerprint density at radius 3 is 2.00 bits per heavy atom. The molecule has 1 saturated heterocycles. The van der Waals surface area contributed by atoms with E-state index in [4.69, 9.17) is 4.74 Å². The first-order chi connectivity index (χ1) is 5.25. The quantitative estimate of drug-likeness (QED) is 0.553. The number of rotatable bonds is 0. The molecule has 1 aliphatic rings. The fourth-order valence-electron chi connectivity index (χ4n) is 1.70. The van der Waals surface area contributed by atoms with Crippen LogP contribution in [0.3, 0.4) is 0 Å². The molecular formula is C10H21NO. The summed E-state index contributed by atoms with van der Waals surface area (Å²) < 4.78 is 5.72. The van der Waals surface area contributed by atoms with E-state index < -0.39 is 0 Å². The van der Waals surface area contributed by atoms with Gasteiger partial charge in [0.15, 0.2) is 0 Å². The monoisotopic (exact) mass is 171 g/mol. The van der Waals surface area contributed by atoms with Crippen molar-refractivity contribution in [2.24, 2.45) is 5.41 Å². The van der Waals surface area contributed by atoms with Crippen molar-refractivity contribution in [1.29, 1.82) is 0 Å². The second-order valence-corrected chi connectivity index (χ2v) is 5.25. The molecular weight excluding hydrogens is 150 g/mol. The van der Waals surface area contributed by atoms with Gasteiger partial charge in [0.1, 0.15) is 5.72 Å². The molecule has 1 atom stereocenters. The molecule has 2 nitrogen and oxygen atoms in total. The highest BCUT2D eigenvalue weighted by Gasteiger charge is 2.42. The van der Waals surface area contributed by atoms with E-state index in [1.807, 2.05) is 0 Å². The van der Waals surface area contributed by atoms with E-state index in [9.17, 15) is 0 Å². The molecule has 0 aromatic rings. The molecule has 72 valence electrons. The van der Waals surface area contributed by atoms with Gasteiger partial charge in [-0.15, -0.1) is 0 Å². The maximum Gasteiger partial charge on any atom is 0.116 e. The van der Waals surface area contributed by atoms with Gasteiger partial charge in [0, 0.05) is 6.04 Å². The van der Waals surface area contributed by atoms with E-state index in [0.717, 1.165) is 6.61 Å². The van der Waals surface area contributed by atoms with Crippen molar-refractivity contribution in [2.75, 3.05) is 13.7 Å². The third-order valence-electron chi connectivity index (χ3n) is 2.91. The van der Waals surface area contributed by atoms with Crippen LogP contribution in [0.25, 0.3) is 0 Å². The molecule has 0 bridgehead atoms. The van der Waals surface area contributed by atoms with Crippen LogP contribution in [0.2, 0.25) is 0 Å². The van der Waals surface area contributed by atoms with Crippen LogP contribution in [0.5, 0.6) is 0 Å². The van der Waals surface area contributed by atoms with Crippen molar-refractivity contribution in [1.82, 2.24) is 4.90 Å². The fourth-order valence-corrected chi connectivity index (χ4v) is 1.70. The Bertz CT molecular complexity index is 169. The molecule has 0 unspecified atom stereocenters. The summed E-state index contributed by atoms with van der Waals surface area (Å²) in [5.41, 5.74) is 0.223. The zero-order chi connectivity index (χ0) is 9.57. The maximum absolute atomic E-state index is 5.72. The normalized spacial score (nSPS) is 31.0. The topological polar surface area (TPSA) is 12.5 Å². The van der Waals surface area contributed by atoms with Gasteiger partial charge in [0.2, 0.25) is 0 Å². The van der Waals surface area contributed by atoms with Crippen LogP contribution in [0, 0.1) is 5.41 Å². The summed E-state index contributed by atoms with van der Waals surface area (Å²) in [7, 11) is 2.14. The van der Waals surface area contributed by atoms with Crippen LogP contribution >= 0.6 is 0 Å². The molecule has 1 fully saturated rings. The second-order valence-electron chi connectivity index (χ2n) is 5.25. The van der Waals surface area contributed by atoms with Crippen LogP contribution in [0.1, 0.15) is 34.6 Å². The molecule has 0 saturated carbocycles. The molecule has 0 aliphatic carbocycles. The summed E-state index contributed by atoms with van der Waals surface area (Å²) in [6.07, 6.45) is 0. The summed E-state index contributed by atoms with van der Waals surface area (Å²) >= 11 is 0. The molecule has 0 aromatic heterocycles. The molecule has 0 aromatic carbocycles. The van der Waals surface area contributed by atoms with Gasteiger partial charge >= 0.3 is 0 Å². The minimum atomic E-state index is -0.0854. The van der Waals surface area contributed by atoms with E-state index in [-0.39, 0.29) is 5.72 Å². The SMILES string of the molecule is CN1[C@@H](C(C)(C)C)COC1(C)C. The average molecular weight is 171 g/mol. The van der Waals surface area contributed by atoms with Gasteiger partial charge in [-0.3, -0.25) is 4.90 Å². The van der Waals surface area contributed by atoms with Gasteiger partial charge in [0.25, 0.3) is 0 Å². The van der Waals surface area contributed by atoms with Crippen molar-refractivity contribution in [3.63, 3.8) is 0 Å². The van der Waals surface area contributed by atoms with Gasteiger partial charge in [0.05, 0.1) is 6.61 Å². The molecule has 1 rings (SSSR count). The lowest BCUT2D eigenvalue weighted by Crippen LogP contribution is -2.45. The molecule has 0 spiro atoms. The maximum atomic E-state index is 5.72. The lowest BCUT2D eigenvalue weighted by atomic mass is 9.86. The molecule has 0 N–H and O–H groups in total. The average Bonchev–Trinajstić information content (AvgIpc) is 2.06. The lowest BCUT2D eigenvalue weighted by Gasteiger charge is -2.36. The van der Waals surface area contributed by atoms with E-state index in [2.05, 4.69) is 46.6 Å². The Balaban J connectivity index is 2.74. The Kier molecular flexibility index (Phi) is 2.26. The van der Waals surface area contributed by atoms with Gasteiger partial charge in [-0.05, 0) is 26.3 Å². The van der Waals surface area contributed by atoms with Crippen LogP contribution in [0.15, 0.2) is 0 Å². The predicted octanol–water partition coefficient (Wildman–Crippen LogP) is 2.10. The largest absolute Gasteiger partial charge is 0.359 e. The number of likely N-dealkylation sites (N-methyl/N-ethyl adjacent to an activating group) is 1. The van der Waals surface area contributed by atoms with Gasteiger partial charge in [-0.25, -0.2) is 0 Å². The summed E-state index contributed by atoms with van der Waals surface area (Å²) in [4.78, 5) is 2.33. The molecule has 12 heavy (non-hydrogen) atoms. The minimum absolute atomic E-state index is 0.0854. The summed E-state index contributed by atoms with van der Waals surface area (Å²) in [5.74, 6) is 0. The number of hydrogen-bond acceptors (Lipinski definition) is 2. The van der Waals surface area contributed by atoms with Crippen LogP contribution < -0.4 is 0 Å². The molecule has 2 heteroatoms. The van der Waals surface area contributed by atoms with Gasteiger partial charge in [-0.2, -0.15) is 0 Å². The number of ether oxygens (including phenoxy) is 1. The van der Waals surface area contributed by atoms with E-state index in [1.54, 1.807) is 0 Å². The first kappa shape index (κ1) is 10.0. The summed E-state index contributed by atoms with van der Waals surface area (Å²) in [6.45, 7) is 11.9. The summed E-state index contributed by atoms with van der Waals surface area (Å²) in [5, 5.41) is 0. The first-order valence-corrected chi connectivity index (χ1v) is 4.62. The highest BCUT2D eigenvalue weighted by molar-refractivity contribution is 4.90. The third kappa shape index (κ3) is 1.64. The third-order valence-corrected chi connectivity index (χ3v) is 2.91. The van der Waals surface area contributed by atoms with E-state index >= 15 is 0 Å². The van der Waals surface area contributed by atoms with Gasteiger partial charge in [-0.1, -0.05) is 20.8 Å². The van der Waals surface area contributed by atoms with Crippen LogP contribution in [-0.4, -0.2) is 30.3 Å². The van der Waals surface area contributed by atoms with Crippen molar-refractivity contribution in [3.05, 3.63) is 0 Å². The van der Waals surface area contributed by atoms with Gasteiger partial charge < -0.3 is 4.74 Å². The number of hydrogen-bond donors (Lipinski definition) is 0. The molecule has 0 amide bonds. The fraction of sp³-hybridized carbons (Fsp3) is 1.00. The molecule has 1 heterocycles. The van der Waals surface area contributed by atoms with E-state index in [0.29, 0.717) is 11.5 Å². The Hall–Kier alpha value is -0.0800. The summed E-state index contributed by atoms with van der Waals surface area (Å²) in [6, 6.07) is 0.535. The molecule has 1 aliphatic heterocycles. The zero-order valence-electron chi connectivity index (χ0n) is 9.14. The standard InChI is InChI=1S/C10H21NO/c1-9(2,3)8-7-12-10(4,5)11(8)6/h8H,7H2,1-6H3/t8-/m1/s1. The number of nitrogens with zero attached hydrogens (tertiary/aromatic N) is 1. The highest BCUT2D eigenvalue weighted by atomic mass is 16.5. The van der Waals surface area contributed by atoms with Crippen LogP contribution in [0.4, 0.5) is 0 Å². The van der Waals surface area contributed by atoms with Crippen LogP contribution in [-0.2, 0) is 4.74 Å². The van der Waals surface area contributed by atoms with Crippen molar-refractivity contribution >= 4 is 0 Å². The molecule has 0 radical (unpaired) electrons. The second kappa shape index (κ2) is 2.71. The van der Waals surface area contributed by atoms with Crippen molar-refractivity contribution < 1.29 is 4.74 Å². The zero-order valence-corrected chi connectivity index (χ0v) is 9.14. The Morgan fingerprint density at radius 1 is 1.33 bits per heavy atom. The minimum Gasteiger partial charge on any atom is -0.359 e. The Morgan fingerprint density at radius 2 is 1.83 bits per heavy atom.